The monoisotopic (exact) mass is 425 g/mol. The zero-order valence-corrected chi connectivity index (χ0v) is 17.7. The number of carbonyl (C=O) groups excluding carboxylic acids is 3. The number of thiocarbonyl (C=S) groups is 1. The smallest absolute Gasteiger partial charge is 0.261 e. The van der Waals surface area contributed by atoms with Gasteiger partial charge in [0, 0.05) is 6.04 Å². The summed E-state index contributed by atoms with van der Waals surface area (Å²) in [5, 5.41) is 10.3. The van der Waals surface area contributed by atoms with E-state index >= 15 is 0 Å². The highest BCUT2D eigenvalue weighted by Gasteiger charge is 2.27. The van der Waals surface area contributed by atoms with Crippen molar-refractivity contribution in [1.29, 1.82) is 0 Å². The molecule has 0 aliphatic heterocycles. The third-order valence-electron chi connectivity index (χ3n) is 4.94. The summed E-state index contributed by atoms with van der Waals surface area (Å²) in [6.07, 6.45) is 3.44. The van der Waals surface area contributed by atoms with Gasteiger partial charge in [0.2, 0.25) is 5.91 Å². The van der Waals surface area contributed by atoms with Gasteiger partial charge in [0.25, 0.3) is 11.8 Å². The Morgan fingerprint density at radius 2 is 1.86 bits per heavy atom. The molecule has 1 aliphatic rings. The Balaban J connectivity index is 1.59. The van der Waals surface area contributed by atoms with Crippen molar-refractivity contribution in [1.82, 2.24) is 26.8 Å². The molecule has 3 atom stereocenters. The fraction of sp³-hybridized carbons (Fsp3) is 0.556. The van der Waals surface area contributed by atoms with E-state index in [9.17, 15) is 14.4 Å². The lowest BCUT2D eigenvalue weighted by molar-refractivity contribution is -0.125. The number of amides is 3. The second-order valence-corrected chi connectivity index (χ2v) is 8.31. The van der Waals surface area contributed by atoms with Crippen LogP contribution < -0.4 is 26.8 Å². The molecular formula is C18H27N5O3S2. The summed E-state index contributed by atoms with van der Waals surface area (Å²) in [6, 6.07) is 3.71. The van der Waals surface area contributed by atoms with E-state index in [0.29, 0.717) is 21.8 Å². The second kappa shape index (κ2) is 11.0. The fourth-order valence-corrected chi connectivity index (χ4v) is 3.90. The molecular weight excluding hydrogens is 398 g/mol. The van der Waals surface area contributed by atoms with Gasteiger partial charge in [0.15, 0.2) is 5.11 Å². The Hall–Kier alpha value is -2.20. The van der Waals surface area contributed by atoms with Crippen molar-refractivity contribution in [3.63, 3.8) is 0 Å². The van der Waals surface area contributed by atoms with Crippen LogP contribution in [0, 0.1) is 11.8 Å². The van der Waals surface area contributed by atoms with Crippen LogP contribution in [0.2, 0.25) is 0 Å². The first-order valence-corrected chi connectivity index (χ1v) is 10.6. The average molecular weight is 426 g/mol. The molecule has 3 amide bonds. The standard InChI is InChI=1S/C18H27N5O3S2/c1-11-5-3-6-13(12(11)2)21-18(27)23-22-16(25)10-19-15(24)9-20-17(26)14-7-4-8-28-14/h4,7-8,11-13H,3,5-6,9-10H2,1-2H3,(H,19,24)(H,20,26)(H,22,25)(H2,21,23,27)/t11-,12-,13+/m1/s1. The molecule has 5 N–H and O–H groups in total. The molecule has 1 aromatic heterocycles. The highest BCUT2D eigenvalue weighted by molar-refractivity contribution is 7.80. The van der Waals surface area contributed by atoms with Crippen LogP contribution >= 0.6 is 23.6 Å². The average Bonchev–Trinajstić information content (AvgIpc) is 3.21. The highest BCUT2D eigenvalue weighted by atomic mass is 32.1. The van der Waals surface area contributed by atoms with Crippen LogP contribution in [0.5, 0.6) is 0 Å². The van der Waals surface area contributed by atoms with E-state index < -0.39 is 11.8 Å². The molecule has 0 bridgehead atoms. The molecule has 28 heavy (non-hydrogen) atoms. The molecule has 0 radical (unpaired) electrons. The van der Waals surface area contributed by atoms with E-state index in [2.05, 4.69) is 40.6 Å². The van der Waals surface area contributed by atoms with Crippen molar-refractivity contribution in [2.24, 2.45) is 11.8 Å². The van der Waals surface area contributed by atoms with Gasteiger partial charge < -0.3 is 16.0 Å². The summed E-state index contributed by atoms with van der Waals surface area (Å²) in [7, 11) is 0. The first kappa shape index (κ1) is 22.1. The van der Waals surface area contributed by atoms with E-state index in [4.69, 9.17) is 12.2 Å². The van der Waals surface area contributed by atoms with Gasteiger partial charge in [0.1, 0.15) is 0 Å². The summed E-state index contributed by atoms with van der Waals surface area (Å²) in [5.74, 6) is -0.0658. The number of carbonyl (C=O) groups is 3. The van der Waals surface area contributed by atoms with Crippen LogP contribution in [0.4, 0.5) is 0 Å². The van der Waals surface area contributed by atoms with Crippen LogP contribution in [0.25, 0.3) is 0 Å². The molecule has 154 valence electrons. The quantitative estimate of drug-likeness (QED) is 0.342. The van der Waals surface area contributed by atoms with Crippen molar-refractivity contribution in [3.8, 4) is 0 Å². The molecule has 0 aromatic carbocycles. The largest absolute Gasteiger partial charge is 0.358 e. The molecule has 1 heterocycles. The summed E-state index contributed by atoms with van der Waals surface area (Å²) >= 11 is 6.51. The molecule has 8 nitrogen and oxygen atoms in total. The Morgan fingerprint density at radius 1 is 1.11 bits per heavy atom. The maximum atomic E-state index is 11.8. The van der Waals surface area contributed by atoms with Crippen molar-refractivity contribution in [2.75, 3.05) is 13.1 Å². The van der Waals surface area contributed by atoms with Crippen molar-refractivity contribution in [3.05, 3.63) is 22.4 Å². The summed E-state index contributed by atoms with van der Waals surface area (Å²) in [5.41, 5.74) is 5.11. The van der Waals surface area contributed by atoms with Gasteiger partial charge >= 0.3 is 0 Å². The number of hydrogen-bond acceptors (Lipinski definition) is 5. The lowest BCUT2D eigenvalue weighted by atomic mass is 9.78. The zero-order chi connectivity index (χ0) is 20.5. The minimum absolute atomic E-state index is 0.199. The zero-order valence-electron chi connectivity index (χ0n) is 16.0. The summed E-state index contributed by atoms with van der Waals surface area (Å²) in [4.78, 5) is 35.8. The Bertz CT molecular complexity index is 695. The van der Waals surface area contributed by atoms with Gasteiger partial charge in [-0.1, -0.05) is 32.8 Å². The summed E-state index contributed by atoms with van der Waals surface area (Å²) in [6.45, 7) is 4.02. The van der Waals surface area contributed by atoms with E-state index in [0.717, 1.165) is 12.8 Å². The first-order valence-electron chi connectivity index (χ1n) is 9.30. The number of hydrogen-bond donors (Lipinski definition) is 5. The van der Waals surface area contributed by atoms with Crippen molar-refractivity contribution < 1.29 is 14.4 Å². The Labute approximate surface area is 174 Å². The lowest BCUT2D eigenvalue weighted by Gasteiger charge is -2.35. The molecule has 2 rings (SSSR count). The second-order valence-electron chi connectivity index (χ2n) is 6.96. The van der Waals surface area contributed by atoms with Gasteiger partial charge in [-0.2, -0.15) is 0 Å². The minimum Gasteiger partial charge on any atom is -0.358 e. The number of hydrazine groups is 1. The molecule has 1 aromatic rings. The SMILES string of the molecule is C[C@@H]1[C@H](C)CCC[C@@H]1NC(=S)NNC(=O)CNC(=O)CNC(=O)c1cccs1. The third-order valence-corrected chi connectivity index (χ3v) is 6.03. The van der Waals surface area contributed by atoms with Gasteiger partial charge in [-0.05, 0) is 41.9 Å². The van der Waals surface area contributed by atoms with Crippen molar-refractivity contribution >= 4 is 46.4 Å². The number of nitrogens with one attached hydrogen (secondary N) is 5. The molecule has 0 saturated heterocycles. The van der Waals surface area contributed by atoms with Gasteiger partial charge in [-0.25, -0.2) is 0 Å². The van der Waals surface area contributed by atoms with Crippen LogP contribution in [0.1, 0.15) is 42.8 Å². The normalized spacial score (nSPS) is 21.3. The van der Waals surface area contributed by atoms with Gasteiger partial charge in [0.05, 0.1) is 18.0 Å². The lowest BCUT2D eigenvalue weighted by Crippen LogP contribution is -2.54. The van der Waals surface area contributed by atoms with Crippen LogP contribution in [0.3, 0.4) is 0 Å². The van der Waals surface area contributed by atoms with Crippen LogP contribution in [-0.2, 0) is 9.59 Å². The number of thiophene rings is 1. The molecule has 0 spiro atoms. The fourth-order valence-electron chi connectivity index (χ4n) is 3.06. The predicted octanol–water partition coefficient (Wildman–Crippen LogP) is 0.914. The van der Waals surface area contributed by atoms with E-state index in [1.54, 1.807) is 17.5 Å². The maximum absolute atomic E-state index is 11.8. The van der Waals surface area contributed by atoms with Crippen LogP contribution in [-0.4, -0.2) is 42.0 Å². The molecule has 1 saturated carbocycles. The maximum Gasteiger partial charge on any atom is 0.261 e. The third kappa shape index (κ3) is 7.08. The van der Waals surface area contributed by atoms with E-state index in [-0.39, 0.29) is 25.0 Å². The molecule has 1 fully saturated rings. The van der Waals surface area contributed by atoms with Gasteiger partial charge in [-0.3, -0.25) is 25.2 Å². The van der Waals surface area contributed by atoms with E-state index in [1.807, 2.05) is 0 Å². The van der Waals surface area contributed by atoms with Crippen molar-refractivity contribution in [2.45, 2.75) is 39.2 Å². The molecule has 10 heteroatoms. The summed E-state index contributed by atoms with van der Waals surface area (Å²) < 4.78 is 0. The van der Waals surface area contributed by atoms with Gasteiger partial charge in [-0.15, -0.1) is 11.3 Å². The first-order chi connectivity index (χ1) is 13.4. The Kier molecular flexibility index (Phi) is 8.65. The topological polar surface area (TPSA) is 111 Å². The Morgan fingerprint density at radius 3 is 2.57 bits per heavy atom. The highest BCUT2D eigenvalue weighted by Crippen LogP contribution is 2.29. The number of rotatable bonds is 6. The minimum atomic E-state index is -0.453. The predicted molar refractivity (Wildman–Crippen MR) is 113 cm³/mol. The molecule has 0 unspecified atom stereocenters. The van der Waals surface area contributed by atoms with E-state index in [1.165, 1.54) is 17.8 Å². The van der Waals surface area contributed by atoms with Crippen LogP contribution in [0.15, 0.2) is 17.5 Å². The molecule has 1 aliphatic carbocycles.